The van der Waals surface area contributed by atoms with Crippen LogP contribution in [0.15, 0.2) is 71.8 Å². The minimum atomic E-state index is -3.71. The molecule has 0 aliphatic rings. The van der Waals surface area contributed by atoms with Gasteiger partial charge in [-0.25, -0.2) is 13.4 Å². The molecule has 9 nitrogen and oxygen atoms in total. The number of fused-ring (bicyclic) bond motifs is 1. The lowest BCUT2D eigenvalue weighted by atomic mass is 10.3. The second kappa shape index (κ2) is 9.84. The number of benzene rings is 2. The maximum Gasteiger partial charge on any atom is 0.270 e. The second-order valence-electron chi connectivity index (χ2n) is 7.23. The maximum absolute atomic E-state index is 13.2. The summed E-state index contributed by atoms with van der Waals surface area (Å²) in [5.74, 6) is -0.862. The van der Waals surface area contributed by atoms with Crippen molar-refractivity contribution in [1.29, 1.82) is 0 Å². The van der Waals surface area contributed by atoms with E-state index in [4.69, 9.17) is 11.6 Å². The van der Waals surface area contributed by atoms with Gasteiger partial charge in [-0.05, 0) is 42.5 Å². The van der Waals surface area contributed by atoms with Gasteiger partial charge >= 0.3 is 0 Å². The van der Waals surface area contributed by atoms with Crippen LogP contribution < -0.4 is 4.90 Å². The van der Waals surface area contributed by atoms with E-state index in [1.807, 2.05) is 0 Å². The fraction of sp³-hybridized carbons (Fsp3) is 0.136. The molecule has 0 saturated heterocycles. The van der Waals surface area contributed by atoms with Crippen molar-refractivity contribution >= 4 is 59.7 Å². The molecule has 34 heavy (non-hydrogen) atoms. The smallest absolute Gasteiger partial charge is 0.270 e. The molecule has 0 saturated carbocycles. The second-order valence-corrected chi connectivity index (χ2v) is 10.8. The molecule has 1 amide bonds. The fourth-order valence-electron chi connectivity index (χ4n) is 3.16. The van der Waals surface area contributed by atoms with Crippen molar-refractivity contribution in [2.75, 3.05) is 10.7 Å². The summed E-state index contributed by atoms with van der Waals surface area (Å²) in [5.41, 5.74) is 0.999. The van der Waals surface area contributed by atoms with Crippen LogP contribution in [-0.2, 0) is 21.2 Å². The number of thiazole rings is 1. The Morgan fingerprint density at radius 3 is 2.56 bits per heavy atom. The lowest BCUT2D eigenvalue weighted by Gasteiger charge is -2.19. The predicted molar refractivity (Wildman–Crippen MR) is 130 cm³/mol. The molecule has 0 aliphatic heterocycles. The van der Waals surface area contributed by atoms with Gasteiger partial charge in [-0.1, -0.05) is 29.0 Å². The van der Waals surface area contributed by atoms with Crippen molar-refractivity contribution in [2.45, 2.75) is 17.9 Å². The molecule has 0 radical (unpaired) electrons. The first-order chi connectivity index (χ1) is 16.2. The summed E-state index contributed by atoms with van der Waals surface area (Å²) in [6, 6.07) is 15.3. The number of amides is 1. The Kier molecular flexibility index (Phi) is 6.87. The number of rotatable bonds is 8. The van der Waals surface area contributed by atoms with E-state index in [1.54, 1.807) is 24.4 Å². The fourth-order valence-corrected chi connectivity index (χ4v) is 5.53. The third-order valence-electron chi connectivity index (χ3n) is 4.91. The van der Waals surface area contributed by atoms with E-state index in [1.165, 1.54) is 47.4 Å². The van der Waals surface area contributed by atoms with Gasteiger partial charge in [0.1, 0.15) is 0 Å². The number of nitro benzene ring substituents is 1. The molecule has 0 atom stereocenters. The molecule has 0 bridgehead atoms. The topological polar surface area (TPSA) is 123 Å². The number of halogens is 1. The van der Waals surface area contributed by atoms with Crippen LogP contribution >= 0.6 is 22.9 Å². The number of sulfone groups is 1. The van der Waals surface area contributed by atoms with Crippen molar-refractivity contribution in [2.24, 2.45) is 0 Å². The molecule has 12 heteroatoms. The number of pyridine rings is 1. The highest BCUT2D eigenvalue weighted by molar-refractivity contribution is 7.91. The van der Waals surface area contributed by atoms with Gasteiger partial charge in [0.2, 0.25) is 5.91 Å². The molecule has 4 aromatic rings. The van der Waals surface area contributed by atoms with Crippen LogP contribution in [0.3, 0.4) is 0 Å². The van der Waals surface area contributed by atoms with Crippen molar-refractivity contribution < 1.29 is 18.1 Å². The van der Waals surface area contributed by atoms with Crippen molar-refractivity contribution in [3.05, 3.63) is 87.7 Å². The summed E-state index contributed by atoms with van der Waals surface area (Å²) in [5, 5.41) is 11.8. The van der Waals surface area contributed by atoms with Gasteiger partial charge in [-0.2, -0.15) is 0 Å². The van der Waals surface area contributed by atoms with Crippen molar-refractivity contribution in [3.63, 3.8) is 0 Å². The van der Waals surface area contributed by atoms with Gasteiger partial charge in [0.15, 0.2) is 15.0 Å². The van der Waals surface area contributed by atoms with Crippen LogP contribution in [-0.4, -0.2) is 35.0 Å². The number of anilines is 1. The highest BCUT2D eigenvalue weighted by Crippen LogP contribution is 2.32. The van der Waals surface area contributed by atoms with Crippen molar-refractivity contribution in [1.82, 2.24) is 9.97 Å². The summed E-state index contributed by atoms with van der Waals surface area (Å²) >= 11 is 6.95. The number of carbonyl (C=O) groups is 1. The molecular weight excluding hydrogens is 500 g/mol. The van der Waals surface area contributed by atoms with E-state index in [-0.39, 0.29) is 23.5 Å². The third kappa shape index (κ3) is 5.38. The predicted octanol–water partition coefficient (Wildman–Crippen LogP) is 4.65. The number of non-ortho nitro benzene ring substituents is 1. The molecule has 0 aliphatic carbocycles. The summed E-state index contributed by atoms with van der Waals surface area (Å²) < 4.78 is 25.9. The van der Waals surface area contributed by atoms with Gasteiger partial charge in [0.25, 0.3) is 5.69 Å². The number of aromatic nitrogens is 2. The lowest BCUT2D eigenvalue weighted by molar-refractivity contribution is -0.384. The Morgan fingerprint density at radius 1 is 1.12 bits per heavy atom. The Bertz CT molecular complexity index is 1460. The number of carbonyl (C=O) groups excluding carboxylic acids is 1. The molecule has 2 aromatic carbocycles. The van der Waals surface area contributed by atoms with Crippen LogP contribution in [0.5, 0.6) is 0 Å². The Hall–Kier alpha value is -3.41. The maximum atomic E-state index is 13.2. The van der Waals surface area contributed by atoms with Gasteiger partial charge < -0.3 is 0 Å². The number of hydrogen-bond donors (Lipinski definition) is 0. The molecule has 0 fully saturated rings. The highest BCUT2D eigenvalue weighted by atomic mass is 35.5. The average Bonchev–Trinajstić information content (AvgIpc) is 3.25. The first kappa shape index (κ1) is 23.7. The Morgan fingerprint density at radius 2 is 1.88 bits per heavy atom. The molecule has 0 spiro atoms. The van der Waals surface area contributed by atoms with Crippen LogP contribution in [0.4, 0.5) is 10.8 Å². The standard InChI is InChI=1S/C22H17ClN4O5S2/c23-15-4-7-18(8-5-15)34(31,32)12-10-21(28)26(14-16-3-1-2-11-24-16)22-25-19-9-6-17(27(29)30)13-20(19)33-22/h1-9,11,13H,10,12,14H2. The summed E-state index contributed by atoms with van der Waals surface area (Å²) in [6.45, 7) is 0.0720. The largest absolute Gasteiger partial charge is 0.282 e. The van der Waals surface area contributed by atoms with Crippen LogP contribution in [0.1, 0.15) is 12.1 Å². The SMILES string of the molecule is O=C(CCS(=O)(=O)c1ccc(Cl)cc1)N(Cc1ccccn1)c1nc2ccc([N+](=O)[O-])cc2s1. The Balaban J connectivity index is 1.62. The van der Waals surface area contributed by atoms with Gasteiger partial charge in [0.05, 0.1) is 38.0 Å². The first-order valence-corrected chi connectivity index (χ1v) is 12.8. The molecule has 2 heterocycles. The van der Waals surface area contributed by atoms with E-state index in [9.17, 15) is 23.3 Å². The minimum absolute atomic E-state index is 0.0720. The van der Waals surface area contributed by atoms with E-state index in [0.29, 0.717) is 26.1 Å². The zero-order valence-electron chi connectivity index (χ0n) is 17.5. The van der Waals surface area contributed by atoms with Gasteiger partial charge in [0, 0.05) is 29.8 Å². The zero-order valence-corrected chi connectivity index (χ0v) is 19.9. The van der Waals surface area contributed by atoms with Crippen LogP contribution in [0.25, 0.3) is 10.2 Å². The zero-order chi connectivity index (χ0) is 24.3. The van der Waals surface area contributed by atoms with Gasteiger partial charge in [-0.3, -0.25) is 24.8 Å². The minimum Gasteiger partial charge on any atom is -0.282 e. The molecule has 0 N–H and O–H groups in total. The van der Waals surface area contributed by atoms with E-state index in [0.717, 1.165) is 11.3 Å². The first-order valence-electron chi connectivity index (χ1n) is 9.96. The molecule has 2 aromatic heterocycles. The monoisotopic (exact) mass is 516 g/mol. The van der Waals surface area contributed by atoms with E-state index in [2.05, 4.69) is 9.97 Å². The highest BCUT2D eigenvalue weighted by Gasteiger charge is 2.24. The quantitative estimate of drug-likeness (QED) is 0.246. The van der Waals surface area contributed by atoms with E-state index < -0.39 is 26.4 Å². The normalized spacial score (nSPS) is 11.4. The Labute approximate surface area is 203 Å². The number of hydrogen-bond acceptors (Lipinski definition) is 8. The molecule has 0 unspecified atom stereocenters. The van der Waals surface area contributed by atoms with E-state index >= 15 is 0 Å². The number of nitro groups is 1. The number of nitrogens with zero attached hydrogens (tertiary/aromatic N) is 4. The lowest BCUT2D eigenvalue weighted by Crippen LogP contribution is -2.32. The van der Waals surface area contributed by atoms with Crippen LogP contribution in [0, 0.1) is 10.1 Å². The molecule has 4 rings (SSSR count). The average molecular weight is 517 g/mol. The molecular formula is C22H17ClN4O5S2. The third-order valence-corrected chi connectivity index (χ3v) is 7.93. The van der Waals surface area contributed by atoms with Crippen molar-refractivity contribution in [3.8, 4) is 0 Å². The van der Waals surface area contributed by atoms with Gasteiger partial charge in [-0.15, -0.1) is 0 Å². The summed E-state index contributed by atoms with van der Waals surface area (Å²) in [7, 11) is -3.71. The summed E-state index contributed by atoms with van der Waals surface area (Å²) in [4.78, 5) is 33.9. The molecule has 174 valence electrons. The van der Waals surface area contributed by atoms with Crippen LogP contribution in [0.2, 0.25) is 5.02 Å². The summed E-state index contributed by atoms with van der Waals surface area (Å²) in [6.07, 6.45) is 1.30.